The first-order valence-corrected chi connectivity index (χ1v) is 6.03. The second-order valence-corrected chi connectivity index (χ2v) is 4.14. The topological polar surface area (TPSA) is 74.4 Å². The molecule has 6 heteroatoms. The first-order valence-electron chi connectivity index (χ1n) is 6.03. The Hall–Kier alpha value is -1.66. The maximum absolute atomic E-state index is 11.7. The van der Waals surface area contributed by atoms with E-state index in [4.69, 9.17) is 4.74 Å². The largest absolute Gasteiger partial charge is 0.379 e. The van der Waals surface area contributed by atoms with Crippen LogP contribution in [-0.2, 0) is 4.74 Å². The van der Waals surface area contributed by atoms with E-state index < -0.39 is 0 Å². The Morgan fingerprint density at radius 1 is 1.39 bits per heavy atom. The summed E-state index contributed by atoms with van der Waals surface area (Å²) >= 11 is 0. The van der Waals surface area contributed by atoms with E-state index in [-0.39, 0.29) is 11.5 Å². The van der Waals surface area contributed by atoms with Gasteiger partial charge in [0.15, 0.2) is 0 Å². The molecule has 0 aromatic carbocycles. The Balaban J connectivity index is 1.76. The summed E-state index contributed by atoms with van der Waals surface area (Å²) in [5, 5.41) is 2.78. The first kappa shape index (κ1) is 12.8. The van der Waals surface area contributed by atoms with E-state index in [0.717, 1.165) is 32.8 Å². The molecule has 2 rings (SSSR count). The van der Waals surface area contributed by atoms with E-state index in [9.17, 15) is 9.59 Å². The average molecular weight is 251 g/mol. The van der Waals surface area contributed by atoms with Crippen molar-refractivity contribution in [1.29, 1.82) is 0 Å². The number of pyridine rings is 1. The molecule has 1 saturated heterocycles. The smallest absolute Gasteiger partial charge is 0.267 e. The van der Waals surface area contributed by atoms with Crippen LogP contribution in [-0.4, -0.2) is 55.2 Å². The van der Waals surface area contributed by atoms with Crippen molar-refractivity contribution in [2.75, 3.05) is 39.4 Å². The van der Waals surface area contributed by atoms with Crippen LogP contribution in [0.15, 0.2) is 23.0 Å². The van der Waals surface area contributed by atoms with Gasteiger partial charge in [-0.3, -0.25) is 14.5 Å². The highest BCUT2D eigenvalue weighted by atomic mass is 16.5. The number of nitrogens with zero attached hydrogens (tertiary/aromatic N) is 1. The number of nitrogens with one attached hydrogen (secondary N) is 2. The molecule has 18 heavy (non-hydrogen) atoms. The number of morpholine rings is 1. The van der Waals surface area contributed by atoms with Crippen LogP contribution in [0.4, 0.5) is 0 Å². The monoisotopic (exact) mass is 251 g/mol. The van der Waals surface area contributed by atoms with Gasteiger partial charge in [-0.1, -0.05) is 6.07 Å². The van der Waals surface area contributed by atoms with E-state index in [2.05, 4.69) is 15.2 Å². The van der Waals surface area contributed by atoms with Gasteiger partial charge < -0.3 is 15.0 Å². The molecule has 0 bridgehead atoms. The number of carbonyl (C=O) groups excluding carboxylic acids is 1. The van der Waals surface area contributed by atoms with Crippen LogP contribution in [0, 0.1) is 0 Å². The van der Waals surface area contributed by atoms with Crippen molar-refractivity contribution in [3.63, 3.8) is 0 Å². The number of hydrogen-bond donors (Lipinski definition) is 2. The standard InChI is InChI=1S/C12H17N3O3/c16-11-3-1-2-10(14-11)12(17)13-4-5-15-6-8-18-9-7-15/h1-3H,4-9H2,(H,13,17)(H,14,16). The highest BCUT2D eigenvalue weighted by Gasteiger charge is 2.10. The minimum Gasteiger partial charge on any atom is -0.379 e. The number of H-pyrrole nitrogens is 1. The molecule has 1 aliphatic rings. The number of rotatable bonds is 4. The van der Waals surface area contributed by atoms with Crippen LogP contribution in [0.1, 0.15) is 10.5 Å². The molecule has 0 aliphatic carbocycles. The predicted octanol–water partition coefficient (Wildman–Crippen LogP) is -0.563. The lowest BCUT2D eigenvalue weighted by Gasteiger charge is -2.26. The summed E-state index contributed by atoms with van der Waals surface area (Å²) in [6.07, 6.45) is 0. The van der Waals surface area contributed by atoms with Crippen LogP contribution in [0.3, 0.4) is 0 Å². The van der Waals surface area contributed by atoms with E-state index in [1.807, 2.05) is 0 Å². The normalized spacial score (nSPS) is 16.4. The number of amides is 1. The van der Waals surface area contributed by atoms with Crippen molar-refractivity contribution >= 4 is 5.91 Å². The van der Waals surface area contributed by atoms with Gasteiger partial charge in [-0.2, -0.15) is 0 Å². The summed E-state index contributed by atoms with van der Waals surface area (Å²) in [7, 11) is 0. The van der Waals surface area contributed by atoms with Gasteiger partial charge in [0, 0.05) is 32.2 Å². The molecule has 98 valence electrons. The number of aromatic nitrogens is 1. The van der Waals surface area contributed by atoms with Gasteiger partial charge in [-0.25, -0.2) is 0 Å². The molecule has 1 aromatic rings. The zero-order valence-corrected chi connectivity index (χ0v) is 10.1. The lowest BCUT2D eigenvalue weighted by molar-refractivity contribution is 0.0383. The molecule has 1 fully saturated rings. The number of carbonyl (C=O) groups is 1. The molecule has 2 heterocycles. The fourth-order valence-electron chi connectivity index (χ4n) is 1.83. The Bertz CT molecular complexity index is 452. The van der Waals surface area contributed by atoms with Crippen LogP contribution >= 0.6 is 0 Å². The summed E-state index contributed by atoms with van der Waals surface area (Å²) in [5.41, 5.74) is 0.0281. The van der Waals surface area contributed by atoms with Gasteiger partial charge in [0.05, 0.1) is 13.2 Å². The van der Waals surface area contributed by atoms with Gasteiger partial charge >= 0.3 is 0 Å². The molecule has 0 atom stereocenters. The molecule has 1 amide bonds. The van der Waals surface area contributed by atoms with Crippen LogP contribution < -0.4 is 10.9 Å². The Morgan fingerprint density at radius 2 is 2.17 bits per heavy atom. The fraction of sp³-hybridized carbons (Fsp3) is 0.500. The van der Waals surface area contributed by atoms with Crippen molar-refractivity contribution in [3.8, 4) is 0 Å². The summed E-state index contributed by atoms with van der Waals surface area (Å²) in [4.78, 5) is 27.5. The summed E-state index contributed by atoms with van der Waals surface area (Å²) < 4.78 is 5.24. The van der Waals surface area contributed by atoms with E-state index in [0.29, 0.717) is 12.2 Å². The Labute approximate surface area is 105 Å². The SMILES string of the molecule is O=C(NCCN1CCOCC1)c1cccc(=O)[nH]1. The minimum absolute atomic E-state index is 0.249. The molecular weight excluding hydrogens is 234 g/mol. The highest BCUT2D eigenvalue weighted by Crippen LogP contribution is 1.95. The van der Waals surface area contributed by atoms with Gasteiger partial charge in [0.1, 0.15) is 5.69 Å². The van der Waals surface area contributed by atoms with Crippen LogP contribution in [0.2, 0.25) is 0 Å². The third-order valence-electron chi connectivity index (χ3n) is 2.83. The third kappa shape index (κ3) is 3.68. The molecule has 1 aromatic heterocycles. The van der Waals surface area contributed by atoms with Crippen molar-refractivity contribution in [1.82, 2.24) is 15.2 Å². The highest BCUT2D eigenvalue weighted by molar-refractivity contribution is 5.92. The quantitative estimate of drug-likeness (QED) is 0.752. The number of aromatic amines is 1. The lowest BCUT2D eigenvalue weighted by atomic mass is 10.3. The Morgan fingerprint density at radius 3 is 2.89 bits per heavy atom. The fourth-order valence-corrected chi connectivity index (χ4v) is 1.83. The summed E-state index contributed by atoms with van der Waals surface area (Å²) in [5.74, 6) is -0.249. The van der Waals surface area contributed by atoms with Gasteiger partial charge in [0.25, 0.3) is 5.91 Å². The molecular formula is C12H17N3O3. The third-order valence-corrected chi connectivity index (χ3v) is 2.83. The second-order valence-electron chi connectivity index (χ2n) is 4.14. The predicted molar refractivity (Wildman–Crippen MR) is 66.7 cm³/mol. The molecule has 6 nitrogen and oxygen atoms in total. The van der Waals surface area contributed by atoms with Crippen molar-refractivity contribution in [2.45, 2.75) is 0 Å². The first-order chi connectivity index (χ1) is 8.75. The number of ether oxygens (including phenoxy) is 1. The van der Waals surface area contributed by atoms with Gasteiger partial charge in [0.2, 0.25) is 5.56 Å². The van der Waals surface area contributed by atoms with Crippen molar-refractivity contribution < 1.29 is 9.53 Å². The molecule has 0 radical (unpaired) electrons. The summed E-state index contributed by atoms with van der Waals surface area (Å²) in [6.45, 7) is 4.66. The maximum atomic E-state index is 11.7. The maximum Gasteiger partial charge on any atom is 0.267 e. The van der Waals surface area contributed by atoms with Gasteiger partial charge in [-0.05, 0) is 6.07 Å². The van der Waals surface area contributed by atoms with Crippen LogP contribution in [0.5, 0.6) is 0 Å². The molecule has 0 saturated carbocycles. The average Bonchev–Trinajstić information content (AvgIpc) is 2.40. The molecule has 0 unspecified atom stereocenters. The van der Waals surface area contributed by atoms with Crippen molar-refractivity contribution in [2.24, 2.45) is 0 Å². The zero-order chi connectivity index (χ0) is 12.8. The zero-order valence-electron chi connectivity index (χ0n) is 10.1. The van der Waals surface area contributed by atoms with Gasteiger partial charge in [-0.15, -0.1) is 0 Å². The lowest BCUT2D eigenvalue weighted by Crippen LogP contribution is -2.41. The molecule has 1 aliphatic heterocycles. The number of hydrogen-bond acceptors (Lipinski definition) is 4. The van der Waals surface area contributed by atoms with Crippen molar-refractivity contribution in [3.05, 3.63) is 34.2 Å². The summed E-state index contributed by atoms with van der Waals surface area (Å²) in [6, 6.07) is 4.53. The van der Waals surface area contributed by atoms with Crippen LogP contribution in [0.25, 0.3) is 0 Å². The van der Waals surface area contributed by atoms with E-state index >= 15 is 0 Å². The molecule has 2 N–H and O–H groups in total. The second kappa shape index (κ2) is 6.32. The molecule has 0 spiro atoms. The van der Waals surface area contributed by atoms with E-state index in [1.165, 1.54) is 6.07 Å². The Kier molecular flexibility index (Phi) is 4.49. The minimum atomic E-state index is -0.268. The van der Waals surface area contributed by atoms with E-state index in [1.54, 1.807) is 12.1 Å².